The molecule has 0 spiro atoms. The first kappa shape index (κ1) is 16.2. The van der Waals surface area contributed by atoms with Gasteiger partial charge in [0.15, 0.2) is 0 Å². The molecule has 0 aliphatic rings. The van der Waals surface area contributed by atoms with E-state index < -0.39 is 22.4 Å². The van der Waals surface area contributed by atoms with Crippen LogP contribution in [0.5, 0.6) is 5.75 Å². The van der Waals surface area contributed by atoms with Crippen molar-refractivity contribution < 1.29 is 14.8 Å². The summed E-state index contributed by atoms with van der Waals surface area (Å²) in [5.74, 6) is -0.981. The van der Waals surface area contributed by atoms with Crippen molar-refractivity contribution in [1.29, 1.82) is 0 Å². The molecule has 1 atom stereocenters. The lowest BCUT2D eigenvalue weighted by atomic mass is 10.2. The second-order valence-electron chi connectivity index (χ2n) is 4.46. The van der Waals surface area contributed by atoms with Crippen LogP contribution in [0.1, 0.15) is 13.3 Å². The number of benzene rings is 1. The van der Waals surface area contributed by atoms with Crippen molar-refractivity contribution in [3.63, 3.8) is 0 Å². The van der Waals surface area contributed by atoms with Crippen LogP contribution in [0.15, 0.2) is 12.1 Å². The van der Waals surface area contributed by atoms with E-state index >= 15 is 0 Å². The van der Waals surface area contributed by atoms with Crippen molar-refractivity contribution in [1.82, 2.24) is 4.90 Å². The van der Waals surface area contributed by atoms with Crippen molar-refractivity contribution in [2.75, 3.05) is 19.4 Å². The van der Waals surface area contributed by atoms with Crippen LogP contribution >= 0.6 is 11.6 Å². The van der Waals surface area contributed by atoms with E-state index in [1.165, 1.54) is 6.07 Å². The van der Waals surface area contributed by atoms with Crippen LogP contribution in [0.3, 0.4) is 0 Å². The largest absolute Gasteiger partial charge is 0.501 e. The van der Waals surface area contributed by atoms with Gasteiger partial charge >= 0.3 is 5.69 Å². The maximum atomic E-state index is 12.1. The quantitative estimate of drug-likeness (QED) is 0.494. The van der Waals surface area contributed by atoms with E-state index in [4.69, 9.17) is 11.6 Å². The molecule has 0 heterocycles. The van der Waals surface area contributed by atoms with Gasteiger partial charge in [0.2, 0.25) is 11.7 Å². The number of phenolic OH excluding ortho intramolecular Hbond substituents is 1. The van der Waals surface area contributed by atoms with Crippen molar-refractivity contribution in [2.45, 2.75) is 19.4 Å². The van der Waals surface area contributed by atoms with E-state index in [1.807, 2.05) is 6.92 Å². The van der Waals surface area contributed by atoms with Crippen LogP contribution in [-0.4, -0.2) is 41.0 Å². The Morgan fingerprint density at radius 2 is 2.15 bits per heavy atom. The number of rotatable bonds is 5. The molecule has 0 fully saturated rings. The molecule has 1 unspecified atom stereocenters. The van der Waals surface area contributed by atoms with Gasteiger partial charge in [0.1, 0.15) is 0 Å². The predicted molar refractivity (Wildman–Crippen MR) is 76.2 cm³/mol. The lowest BCUT2D eigenvalue weighted by molar-refractivity contribution is -0.385. The molecule has 1 amide bonds. The molecular weight excluding hydrogens is 286 g/mol. The lowest BCUT2D eigenvalue weighted by Gasteiger charge is -2.22. The normalized spacial score (nSPS) is 12.2. The van der Waals surface area contributed by atoms with Crippen molar-refractivity contribution in [3.8, 4) is 5.75 Å². The van der Waals surface area contributed by atoms with E-state index in [2.05, 4.69) is 5.32 Å². The van der Waals surface area contributed by atoms with E-state index in [1.54, 1.807) is 19.0 Å². The number of likely N-dealkylation sites (N-methyl/N-ethyl adjacent to an activating group) is 1. The number of nitrogens with one attached hydrogen (secondary N) is 1. The molecule has 8 heteroatoms. The van der Waals surface area contributed by atoms with E-state index in [0.29, 0.717) is 6.42 Å². The molecule has 0 bridgehead atoms. The fraction of sp³-hybridized carbons (Fsp3) is 0.417. The summed E-state index contributed by atoms with van der Waals surface area (Å²) in [7, 11) is 3.49. The van der Waals surface area contributed by atoms with Crippen LogP contribution in [0.4, 0.5) is 11.4 Å². The summed E-state index contributed by atoms with van der Waals surface area (Å²) in [6.45, 7) is 1.84. The monoisotopic (exact) mass is 301 g/mol. The summed E-state index contributed by atoms with van der Waals surface area (Å²) in [5.41, 5.74) is -0.625. The molecule has 1 rings (SSSR count). The van der Waals surface area contributed by atoms with Crippen molar-refractivity contribution in [3.05, 3.63) is 27.3 Å². The summed E-state index contributed by atoms with van der Waals surface area (Å²) in [6, 6.07) is 1.88. The number of carbonyl (C=O) groups excluding carboxylic acids is 1. The van der Waals surface area contributed by atoms with Gasteiger partial charge in [-0.1, -0.05) is 18.5 Å². The SMILES string of the molecule is CCC(C(=O)Nc1cc(Cl)cc([N+](=O)[O-])c1O)N(C)C. The second-order valence-corrected chi connectivity index (χ2v) is 4.89. The minimum atomic E-state index is -0.764. The summed E-state index contributed by atoms with van der Waals surface area (Å²) in [4.78, 5) is 23.8. The first-order valence-electron chi connectivity index (χ1n) is 5.92. The maximum absolute atomic E-state index is 12.1. The number of hydrogen-bond acceptors (Lipinski definition) is 5. The fourth-order valence-electron chi connectivity index (χ4n) is 1.82. The Hall–Kier alpha value is -1.86. The number of nitrogens with zero attached hydrogens (tertiary/aromatic N) is 2. The minimum absolute atomic E-state index is 0.0581. The Morgan fingerprint density at radius 1 is 1.55 bits per heavy atom. The summed E-state index contributed by atoms with van der Waals surface area (Å²) < 4.78 is 0. The van der Waals surface area contributed by atoms with Crippen LogP contribution in [0, 0.1) is 10.1 Å². The average molecular weight is 302 g/mol. The average Bonchev–Trinajstić information content (AvgIpc) is 2.33. The Balaban J connectivity index is 3.09. The van der Waals surface area contributed by atoms with Gasteiger partial charge in [-0.2, -0.15) is 0 Å². The molecule has 2 N–H and O–H groups in total. The molecule has 7 nitrogen and oxygen atoms in total. The first-order valence-corrected chi connectivity index (χ1v) is 6.29. The Morgan fingerprint density at radius 3 is 2.60 bits per heavy atom. The third-order valence-corrected chi connectivity index (χ3v) is 3.04. The molecule has 0 aromatic heterocycles. The summed E-state index contributed by atoms with van der Waals surface area (Å²) in [6.07, 6.45) is 0.558. The third-order valence-electron chi connectivity index (χ3n) is 2.82. The number of nitro benzene ring substituents is 1. The molecule has 0 radical (unpaired) electrons. The number of halogens is 1. The predicted octanol–water partition coefficient (Wildman–Crippen LogP) is 2.23. The lowest BCUT2D eigenvalue weighted by Crippen LogP contribution is -2.39. The van der Waals surface area contributed by atoms with Gasteiger partial charge in [0.05, 0.1) is 16.7 Å². The van der Waals surface area contributed by atoms with Crippen molar-refractivity contribution >= 4 is 28.9 Å². The first-order chi connectivity index (χ1) is 9.27. The summed E-state index contributed by atoms with van der Waals surface area (Å²) in [5, 5.41) is 23.1. The minimum Gasteiger partial charge on any atom is -0.501 e. The summed E-state index contributed by atoms with van der Waals surface area (Å²) >= 11 is 5.75. The van der Waals surface area contributed by atoms with Gasteiger partial charge in [0.25, 0.3) is 0 Å². The van der Waals surface area contributed by atoms with Crippen LogP contribution < -0.4 is 5.32 Å². The number of carbonyl (C=O) groups is 1. The Labute approximate surface area is 121 Å². The number of aromatic hydroxyl groups is 1. The van der Waals surface area contributed by atoms with Gasteiger partial charge in [-0.3, -0.25) is 19.8 Å². The molecule has 110 valence electrons. The van der Waals surface area contributed by atoms with Gasteiger partial charge in [-0.25, -0.2) is 0 Å². The maximum Gasteiger partial charge on any atom is 0.314 e. The number of nitro groups is 1. The molecule has 0 aliphatic heterocycles. The zero-order valence-electron chi connectivity index (χ0n) is 11.4. The standard InChI is InChI=1S/C12H16ClN3O4/c1-4-9(15(2)3)12(18)14-8-5-7(13)6-10(11(8)17)16(19)20/h5-6,9,17H,4H2,1-3H3,(H,14,18). The van der Waals surface area contributed by atoms with Gasteiger partial charge in [0, 0.05) is 11.1 Å². The zero-order valence-corrected chi connectivity index (χ0v) is 12.1. The highest BCUT2D eigenvalue weighted by atomic mass is 35.5. The number of amides is 1. The van der Waals surface area contributed by atoms with Crippen molar-refractivity contribution in [2.24, 2.45) is 0 Å². The van der Waals surface area contributed by atoms with E-state index in [0.717, 1.165) is 6.07 Å². The second kappa shape index (κ2) is 6.53. The van der Waals surface area contributed by atoms with Crippen LogP contribution in [0.25, 0.3) is 0 Å². The zero-order chi connectivity index (χ0) is 15.4. The number of phenols is 1. The topological polar surface area (TPSA) is 95.7 Å². The van der Waals surface area contributed by atoms with E-state index in [-0.39, 0.29) is 16.6 Å². The Bertz CT molecular complexity index is 534. The highest BCUT2D eigenvalue weighted by Crippen LogP contribution is 2.37. The molecule has 1 aromatic carbocycles. The molecule has 1 aromatic rings. The van der Waals surface area contributed by atoms with Gasteiger partial charge in [-0.05, 0) is 26.6 Å². The number of anilines is 1. The number of hydrogen-bond donors (Lipinski definition) is 2. The van der Waals surface area contributed by atoms with Crippen LogP contribution in [0.2, 0.25) is 5.02 Å². The smallest absolute Gasteiger partial charge is 0.314 e. The van der Waals surface area contributed by atoms with Gasteiger partial charge in [-0.15, -0.1) is 0 Å². The molecule has 0 saturated carbocycles. The highest BCUT2D eigenvalue weighted by molar-refractivity contribution is 6.31. The van der Waals surface area contributed by atoms with Crippen LogP contribution in [-0.2, 0) is 4.79 Å². The third kappa shape index (κ3) is 3.58. The molecule has 20 heavy (non-hydrogen) atoms. The fourth-order valence-corrected chi connectivity index (χ4v) is 2.03. The molecular formula is C12H16ClN3O4. The molecule has 0 saturated heterocycles. The highest BCUT2D eigenvalue weighted by Gasteiger charge is 2.23. The van der Waals surface area contributed by atoms with E-state index in [9.17, 15) is 20.0 Å². The van der Waals surface area contributed by atoms with Gasteiger partial charge < -0.3 is 10.4 Å². The Kier molecular flexibility index (Phi) is 5.29. The molecule has 0 aliphatic carbocycles.